The zero-order valence-corrected chi connectivity index (χ0v) is 9.40. The van der Waals surface area contributed by atoms with Gasteiger partial charge in [-0.25, -0.2) is 0 Å². The third kappa shape index (κ3) is 2.16. The second kappa shape index (κ2) is 3.87. The van der Waals surface area contributed by atoms with Crippen LogP contribution in [0.3, 0.4) is 0 Å². The molecule has 0 aromatic heterocycles. The van der Waals surface area contributed by atoms with Gasteiger partial charge in [0, 0.05) is 18.8 Å². The van der Waals surface area contributed by atoms with Gasteiger partial charge in [0.25, 0.3) is 0 Å². The number of carbonyl (C=O) groups excluding carboxylic acids is 1. The standard InChI is InChI=1S/C10H18ClNO/c1-10(2,7-11)12(3)9(13)8-5-4-6-8/h8H,4-7H2,1-3H3. The van der Waals surface area contributed by atoms with Gasteiger partial charge in [-0.1, -0.05) is 6.42 Å². The molecule has 1 saturated carbocycles. The molecule has 0 heterocycles. The number of hydrogen-bond acceptors (Lipinski definition) is 1. The maximum Gasteiger partial charge on any atom is 0.225 e. The maximum atomic E-state index is 11.8. The maximum absolute atomic E-state index is 11.8. The van der Waals surface area contributed by atoms with E-state index in [-0.39, 0.29) is 17.4 Å². The molecule has 1 fully saturated rings. The Labute approximate surface area is 85.2 Å². The van der Waals surface area contributed by atoms with Crippen molar-refractivity contribution in [3.8, 4) is 0 Å². The molecule has 1 rings (SSSR count). The van der Waals surface area contributed by atoms with Crippen LogP contribution in [0.1, 0.15) is 33.1 Å². The average Bonchev–Trinajstić information content (AvgIpc) is 1.99. The Kier molecular flexibility index (Phi) is 3.23. The molecular weight excluding hydrogens is 186 g/mol. The summed E-state index contributed by atoms with van der Waals surface area (Å²) in [5, 5.41) is 0. The molecule has 76 valence electrons. The Hall–Kier alpha value is -0.240. The number of amides is 1. The lowest BCUT2D eigenvalue weighted by Crippen LogP contribution is -2.49. The van der Waals surface area contributed by atoms with E-state index >= 15 is 0 Å². The van der Waals surface area contributed by atoms with Crippen LogP contribution < -0.4 is 0 Å². The Balaban J connectivity index is 2.55. The van der Waals surface area contributed by atoms with Crippen LogP contribution in [0.25, 0.3) is 0 Å². The predicted molar refractivity (Wildman–Crippen MR) is 54.9 cm³/mol. The molecule has 0 aliphatic heterocycles. The zero-order chi connectivity index (χ0) is 10.1. The van der Waals surface area contributed by atoms with Crippen LogP contribution in [-0.2, 0) is 4.79 Å². The van der Waals surface area contributed by atoms with Gasteiger partial charge >= 0.3 is 0 Å². The molecule has 0 spiro atoms. The topological polar surface area (TPSA) is 20.3 Å². The van der Waals surface area contributed by atoms with Gasteiger partial charge < -0.3 is 4.90 Å². The summed E-state index contributed by atoms with van der Waals surface area (Å²) in [6.07, 6.45) is 3.31. The normalized spacial score (nSPS) is 18.2. The molecule has 0 bridgehead atoms. The van der Waals surface area contributed by atoms with Crippen molar-refractivity contribution < 1.29 is 4.79 Å². The Morgan fingerprint density at radius 1 is 1.54 bits per heavy atom. The molecule has 0 atom stereocenters. The monoisotopic (exact) mass is 203 g/mol. The molecule has 0 saturated heterocycles. The highest BCUT2D eigenvalue weighted by Gasteiger charge is 2.34. The number of hydrogen-bond donors (Lipinski definition) is 0. The van der Waals surface area contributed by atoms with Gasteiger partial charge in [-0.05, 0) is 26.7 Å². The minimum Gasteiger partial charge on any atom is -0.339 e. The first-order valence-corrected chi connectivity index (χ1v) is 5.36. The smallest absolute Gasteiger partial charge is 0.225 e. The number of nitrogens with zero attached hydrogens (tertiary/aromatic N) is 1. The van der Waals surface area contributed by atoms with Gasteiger partial charge in [0.05, 0.1) is 5.54 Å². The first-order chi connectivity index (χ1) is 5.99. The van der Waals surface area contributed by atoms with E-state index in [0.29, 0.717) is 5.88 Å². The number of halogens is 1. The third-order valence-electron chi connectivity index (χ3n) is 3.02. The Bertz CT molecular complexity index is 199. The van der Waals surface area contributed by atoms with E-state index in [1.165, 1.54) is 6.42 Å². The van der Waals surface area contributed by atoms with Crippen LogP contribution in [-0.4, -0.2) is 29.3 Å². The van der Waals surface area contributed by atoms with E-state index in [0.717, 1.165) is 12.8 Å². The summed E-state index contributed by atoms with van der Waals surface area (Å²) in [7, 11) is 1.85. The lowest BCUT2D eigenvalue weighted by Gasteiger charge is -2.38. The third-order valence-corrected chi connectivity index (χ3v) is 3.67. The molecule has 13 heavy (non-hydrogen) atoms. The summed E-state index contributed by atoms with van der Waals surface area (Å²) >= 11 is 5.80. The molecule has 1 amide bonds. The molecular formula is C10H18ClNO. The summed E-state index contributed by atoms with van der Waals surface area (Å²) < 4.78 is 0. The van der Waals surface area contributed by atoms with E-state index in [9.17, 15) is 4.79 Å². The van der Waals surface area contributed by atoms with Crippen LogP contribution in [0.4, 0.5) is 0 Å². The Morgan fingerprint density at radius 3 is 2.38 bits per heavy atom. The van der Waals surface area contributed by atoms with E-state index < -0.39 is 0 Å². The minimum absolute atomic E-state index is 0.214. The van der Waals surface area contributed by atoms with Crippen molar-refractivity contribution in [1.29, 1.82) is 0 Å². The summed E-state index contributed by atoms with van der Waals surface area (Å²) in [5.74, 6) is 1.02. The fourth-order valence-electron chi connectivity index (χ4n) is 1.32. The number of carbonyl (C=O) groups is 1. The summed E-state index contributed by atoms with van der Waals surface area (Å²) in [6, 6.07) is 0. The van der Waals surface area contributed by atoms with Gasteiger partial charge in [-0.2, -0.15) is 0 Å². The van der Waals surface area contributed by atoms with Gasteiger partial charge in [0.15, 0.2) is 0 Å². The fourth-order valence-corrected chi connectivity index (χ4v) is 1.50. The molecule has 1 aliphatic rings. The predicted octanol–water partition coefficient (Wildman–Crippen LogP) is 2.26. The quantitative estimate of drug-likeness (QED) is 0.645. The summed E-state index contributed by atoms with van der Waals surface area (Å²) in [6.45, 7) is 3.99. The summed E-state index contributed by atoms with van der Waals surface area (Å²) in [4.78, 5) is 13.6. The largest absolute Gasteiger partial charge is 0.339 e. The second-order valence-corrected chi connectivity index (χ2v) is 4.74. The fraction of sp³-hybridized carbons (Fsp3) is 0.900. The molecule has 3 heteroatoms. The number of alkyl halides is 1. The highest BCUT2D eigenvalue weighted by Crippen LogP contribution is 2.30. The lowest BCUT2D eigenvalue weighted by atomic mass is 9.83. The van der Waals surface area contributed by atoms with Crippen LogP contribution >= 0.6 is 11.6 Å². The number of rotatable bonds is 3. The molecule has 0 aromatic carbocycles. The van der Waals surface area contributed by atoms with Gasteiger partial charge in [0.1, 0.15) is 0 Å². The SMILES string of the molecule is CN(C(=O)C1CCC1)C(C)(C)CCl. The first-order valence-electron chi connectivity index (χ1n) is 4.82. The van der Waals surface area contributed by atoms with Crippen molar-refractivity contribution in [2.75, 3.05) is 12.9 Å². The highest BCUT2D eigenvalue weighted by molar-refractivity contribution is 6.18. The molecule has 2 nitrogen and oxygen atoms in total. The lowest BCUT2D eigenvalue weighted by molar-refractivity contribution is -0.141. The van der Waals surface area contributed by atoms with Crippen molar-refractivity contribution in [1.82, 2.24) is 4.90 Å². The molecule has 0 N–H and O–H groups in total. The first kappa shape index (κ1) is 10.8. The Morgan fingerprint density at radius 2 is 2.08 bits per heavy atom. The van der Waals surface area contributed by atoms with Gasteiger partial charge in [-0.3, -0.25) is 4.79 Å². The van der Waals surface area contributed by atoms with Crippen LogP contribution in [0, 0.1) is 5.92 Å². The molecule has 0 radical (unpaired) electrons. The zero-order valence-electron chi connectivity index (χ0n) is 8.64. The molecule has 1 aliphatic carbocycles. The van der Waals surface area contributed by atoms with Gasteiger partial charge in [0.2, 0.25) is 5.91 Å². The van der Waals surface area contributed by atoms with Gasteiger partial charge in [-0.15, -0.1) is 11.6 Å². The minimum atomic E-state index is -0.214. The van der Waals surface area contributed by atoms with Crippen LogP contribution in [0.15, 0.2) is 0 Å². The van der Waals surface area contributed by atoms with Crippen LogP contribution in [0.5, 0.6) is 0 Å². The molecule has 0 aromatic rings. The van der Waals surface area contributed by atoms with Crippen molar-refractivity contribution in [3.63, 3.8) is 0 Å². The van der Waals surface area contributed by atoms with Crippen molar-refractivity contribution in [2.45, 2.75) is 38.6 Å². The van der Waals surface area contributed by atoms with E-state index in [1.807, 2.05) is 20.9 Å². The average molecular weight is 204 g/mol. The summed E-state index contributed by atoms with van der Waals surface area (Å²) in [5.41, 5.74) is -0.214. The van der Waals surface area contributed by atoms with Crippen molar-refractivity contribution >= 4 is 17.5 Å². The van der Waals surface area contributed by atoms with E-state index in [4.69, 9.17) is 11.6 Å². The second-order valence-electron chi connectivity index (χ2n) is 4.47. The van der Waals surface area contributed by atoms with Crippen molar-refractivity contribution in [2.24, 2.45) is 5.92 Å². The van der Waals surface area contributed by atoms with E-state index in [1.54, 1.807) is 4.90 Å². The molecule has 0 unspecified atom stereocenters. The van der Waals surface area contributed by atoms with E-state index in [2.05, 4.69) is 0 Å². The van der Waals surface area contributed by atoms with Crippen molar-refractivity contribution in [3.05, 3.63) is 0 Å². The van der Waals surface area contributed by atoms with Crippen LogP contribution in [0.2, 0.25) is 0 Å². The highest BCUT2D eigenvalue weighted by atomic mass is 35.5.